The second-order valence-electron chi connectivity index (χ2n) is 5.99. The summed E-state index contributed by atoms with van der Waals surface area (Å²) >= 11 is 0. The zero-order valence-corrected chi connectivity index (χ0v) is 14.0. The first-order chi connectivity index (χ1) is 11.7. The Hall–Kier alpha value is -3.16. The van der Waals surface area contributed by atoms with Gasteiger partial charge < -0.3 is 14.8 Å². The molecule has 2 aromatic rings. The molecule has 25 heavy (non-hydrogen) atoms. The fraction of sp³-hybridized carbons (Fsp3) is 0.294. The molecule has 0 aliphatic rings. The molecular formula is C17H18N2O6. The summed E-state index contributed by atoms with van der Waals surface area (Å²) in [6, 6.07) is 7.02. The molecule has 0 saturated heterocycles. The lowest BCUT2D eigenvalue weighted by atomic mass is 9.94. The Morgan fingerprint density at radius 1 is 1.28 bits per heavy atom. The highest BCUT2D eigenvalue weighted by Gasteiger charge is 2.27. The Bertz CT molecular complexity index is 820. The van der Waals surface area contributed by atoms with Crippen LogP contribution in [0.15, 0.2) is 34.7 Å². The van der Waals surface area contributed by atoms with Crippen LogP contribution >= 0.6 is 0 Å². The topological polar surface area (TPSA) is 123 Å². The smallest absolute Gasteiger partial charge is 0.339 e. The van der Waals surface area contributed by atoms with Gasteiger partial charge in [0.2, 0.25) is 0 Å². The van der Waals surface area contributed by atoms with Gasteiger partial charge in [0.25, 0.3) is 11.6 Å². The summed E-state index contributed by atoms with van der Waals surface area (Å²) < 4.78 is 5.34. The Labute approximate surface area is 143 Å². The number of carboxylic acid groups (broad SMARTS) is 1. The van der Waals surface area contributed by atoms with Crippen molar-refractivity contribution in [1.82, 2.24) is 5.32 Å². The van der Waals surface area contributed by atoms with Crippen molar-refractivity contribution in [1.29, 1.82) is 0 Å². The summed E-state index contributed by atoms with van der Waals surface area (Å²) in [5.74, 6) is -1.59. The Kier molecular flexibility index (Phi) is 4.92. The van der Waals surface area contributed by atoms with Crippen molar-refractivity contribution in [3.63, 3.8) is 0 Å². The molecule has 2 rings (SSSR count). The largest absolute Gasteiger partial charge is 0.478 e. The van der Waals surface area contributed by atoms with Crippen molar-refractivity contribution in [2.45, 2.75) is 32.7 Å². The van der Waals surface area contributed by atoms with E-state index in [0.717, 1.165) is 0 Å². The molecule has 0 spiro atoms. The number of aryl methyl sites for hydroxylation is 1. The highest BCUT2D eigenvalue weighted by molar-refractivity contribution is 5.96. The summed E-state index contributed by atoms with van der Waals surface area (Å²) in [4.78, 5) is 33.8. The first-order valence-electron chi connectivity index (χ1n) is 7.59. The van der Waals surface area contributed by atoms with Gasteiger partial charge in [0.05, 0.1) is 10.5 Å². The Morgan fingerprint density at radius 2 is 1.88 bits per heavy atom. The van der Waals surface area contributed by atoms with Crippen molar-refractivity contribution in [2.75, 3.05) is 0 Å². The predicted molar refractivity (Wildman–Crippen MR) is 88.6 cm³/mol. The lowest BCUT2D eigenvalue weighted by molar-refractivity contribution is -0.384. The molecule has 132 valence electrons. The van der Waals surface area contributed by atoms with Gasteiger partial charge in [-0.05, 0) is 31.5 Å². The van der Waals surface area contributed by atoms with Crippen molar-refractivity contribution >= 4 is 17.6 Å². The Morgan fingerprint density at radius 3 is 2.32 bits per heavy atom. The lowest BCUT2D eigenvalue weighted by Crippen LogP contribution is -2.40. The van der Waals surface area contributed by atoms with Crippen LogP contribution in [0.3, 0.4) is 0 Å². The van der Waals surface area contributed by atoms with Crippen molar-refractivity contribution in [3.8, 4) is 0 Å². The molecule has 1 heterocycles. The molecule has 0 atom stereocenters. The zero-order valence-electron chi connectivity index (χ0n) is 14.0. The number of rotatable bonds is 6. The lowest BCUT2D eigenvalue weighted by Gasteiger charge is -2.26. The van der Waals surface area contributed by atoms with E-state index in [9.17, 15) is 19.7 Å². The third-order valence-corrected chi connectivity index (χ3v) is 3.81. The maximum atomic E-state index is 12.4. The standard InChI is InChI=1S/C17H18N2O6/c1-4-13-12(16(21)22)9-14(25-13)15(20)18-17(2,3)10-5-7-11(8-6-10)19(23)24/h5-9H,4H2,1-3H3,(H,18,20)(H,21,22). The van der Waals surface area contributed by atoms with Crippen molar-refractivity contribution in [2.24, 2.45) is 0 Å². The second-order valence-corrected chi connectivity index (χ2v) is 5.99. The van der Waals surface area contributed by atoms with E-state index in [1.54, 1.807) is 32.9 Å². The average molecular weight is 346 g/mol. The van der Waals surface area contributed by atoms with E-state index in [-0.39, 0.29) is 22.8 Å². The summed E-state index contributed by atoms with van der Waals surface area (Å²) in [5, 5.41) is 22.6. The Balaban J connectivity index is 2.23. The highest BCUT2D eigenvalue weighted by atomic mass is 16.6. The third-order valence-electron chi connectivity index (χ3n) is 3.81. The molecule has 8 nitrogen and oxygen atoms in total. The third kappa shape index (κ3) is 3.85. The number of hydrogen-bond donors (Lipinski definition) is 2. The van der Waals surface area contributed by atoms with Gasteiger partial charge in [-0.1, -0.05) is 6.92 Å². The molecule has 8 heteroatoms. The molecular weight excluding hydrogens is 328 g/mol. The molecule has 1 aromatic carbocycles. The molecule has 0 bridgehead atoms. The summed E-state index contributed by atoms with van der Waals surface area (Å²) in [7, 11) is 0. The number of furan rings is 1. The van der Waals surface area contributed by atoms with Crippen LogP contribution in [-0.4, -0.2) is 21.9 Å². The number of non-ortho nitro benzene ring substituents is 1. The molecule has 2 N–H and O–H groups in total. The first-order valence-corrected chi connectivity index (χ1v) is 7.59. The molecule has 0 radical (unpaired) electrons. The number of nitro benzene ring substituents is 1. The fourth-order valence-corrected chi connectivity index (χ4v) is 2.40. The number of hydrogen-bond acceptors (Lipinski definition) is 5. The van der Waals surface area contributed by atoms with Crippen molar-refractivity contribution in [3.05, 3.63) is 63.1 Å². The fourth-order valence-electron chi connectivity index (χ4n) is 2.40. The highest BCUT2D eigenvalue weighted by Crippen LogP contribution is 2.24. The number of nitro groups is 1. The minimum Gasteiger partial charge on any atom is -0.478 e. The van der Waals surface area contributed by atoms with Crippen LogP contribution in [0, 0.1) is 10.1 Å². The summed E-state index contributed by atoms with van der Waals surface area (Å²) in [6.07, 6.45) is 0.348. The number of aromatic carboxylic acids is 1. The van der Waals surface area contributed by atoms with Crippen molar-refractivity contribution < 1.29 is 24.0 Å². The molecule has 0 aliphatic carbocycles. The predicted octanol–water partition coefficient (Wildman–Crippen LogP) is 3.11. The van der Waals surface area contributed by atoms with E-state index < -0.39 is 22.3 Å². The molecule has 0 saturated carbocycles. The SMILES string of the molecule is CCc1oc(C(=O)NC(C)(C)c2ccc([N+](=O)[O-])cc2)cc1C(=O)O. The first kappa shape index (κ1) is 18.2. The molecule has 1 aromatic heterocycles. The van der Waals surface area contributed by atoms with E-state index in [0.29, 0.717) is 12.0 Å². The van der Waals surface area contributed by atoms with Crippen LogP contribution in [0.25, 0.3) is 0 Å². The second kappa shape index (κ2) is 6.76. The monoisotopic (exact) mass is 346 g/mol. The van der Waals surface area contributed by atoms with Gasteiger partial charge in [-0.3, -0.25) is 14.9 Å². The summed E-state index contributed by atoms with van der Waals surface area (Å²) in [5.41, 5.74) is -0.266. The van der Waals surface area contributed by atoms with Gasteiger partial charge in [-0.25, -0.2) is 4.79 Å². The minimum atomic E-state index is -1.16. The van der Waals surface area contributed by atoms with Crippen LogP contribution in [0.5, 0.6) is 0 Å². The van der Waals surface area contributed by atoms with E-state index >= 15 is 0 Å². The number of benzene rings is 1. The minimum absolute atomic E-state index is 0.0409. The average Bonchev–Trinajstić information content (AvgIpc) is 2.99. The number of amides is 1. The molecule has 0 fully saturated rings. The maximum absolute atomic E-state index is 12.4. The van der Waals surface area contributed by atoms with Crippen LogP contribution in [0.2, 0.25) is 0 Å². The van der Waals surface area contributed by atoms with E-state index in [4.69, 9.17) is 9.52 Å². The van der Waals surface area contributed by atoms with E-state index in [1.165, 1.54) is 18.2 Å². The van der Waals surface area contributed by atoms with Gasteiger partial charge in [-0.2, -0.15) is 0 Å². The van der Waals surface area contributed by atoms with Gasteiger partial charge in [0.1, 0.15) is 11.3 Å². The van der Waals surface area contributed by atoms with Crippen LogP contribution < -0.4 is 5.32 Å². The van der Waals surface area contributed by atoms with Gasteiger partial charge in [0.15, 0.2) is 5.76 Å². The number of nitrogens with zero attached hydrogens (tertiary/aromatic N) is 1. The van der Waals surface area contributed by atoms with Gasteiger partial charge >= 0.3 is 5.97 Å². The number of nitrogens with one attached hydrogen (secondary N) is 1. The quantitative estimate of drug-likeness (QED) is 0.612. The number of carbonyl (C=O) groups is 2. The normalized spacial score (nSPS) is 11.2. The van der Waals surface area contributed by atoms with Gasteiger partial charge in [-0.15, -0.1) is 0 Å². The molecule has 0 unspecified atom stereocenters. The van der Waals surface area contributed by atoms with E-state index in [2.05, 4.69) is 5.32 Å². The van der Waals surface area contributed by atoms with Crippen LogP contribution in [-0.2, 0) is 12.0 Å². The number of carbonyl (C=O) groups excluding carboxylic acids is 1. The summed E-state index contributed by atoms with van der Waals surface area (Å²) in [6.45, 7) is 5.19. The van der Waals surface area contributed by atoms with Crippen LogP contribution in [0.4, 0.5) is 5.69 Å². The van der Waals surface area contributed by atoms with Crippen LogP contribution in [0.1, 0.15) is 53.0 Å². The van der Waals surface area contributed by atoms with Gasteiger partial charge in [0, 0.05) is 24.6 Å². The van der Waals surface area contributed by atoms with E-state index in [1.807, 2.05) is 0 Å². The molecule has 0 aliphatic heterocycles. The molecule has 1 amide bonds. The zero-order chi connectivity index (χ0) is 18.8. The maximum Gasteiger partial charge on any atom is 0.339 e. The number of carboxylic acids is 1.